The number of hydrogen-bond donors (Lipinski definition) is 0. The lowest BCUT2D eigenvalue weighted by atomic mass is 10.1. The molecule has 3 nitrogen and oxygen atoms in total. The van der Waals surface area contributed by atoms with Crippen LogP contribution in [0.5, 0.6) is 5.75 Å². The van der Waals surface area contributed by atoms with Crippen LogP contribution in [0.2, 0.25) is 0 Å². The van der Waals surface area contributed by atoms with Gasteiger partial charge in [-0.2, -0.15) is 13.2 Å². The Labute approximate surface area is 143 Å². The molecule has 0 aromatic heterocycles. The van der Waals surface area contributed by atoms with Crippen LogP contribution >= 0.6 is 0 Å². The Kier molecular flexibility index (Phi) is 6.57. The molecule has 0 aliphatic heterocycles. The fraction of sp³-hybridized carbons (Fsp3) is 0.588. The average Bonchev–Trinajstić information content (AvgIpc) is 3.34. The lowest BCUT2D eigenvalue weighted by Gasteiger charge is -2.15. The molecule has 0 bridgehead atoms. The molecule has 0 N–H and O–H groups in total. The number of ether oxygens (including phenoxy) is 1. The van der Waals surface area contributed by atoms with Crippen molar-refractivity contribution < 1.29 is 22.5 Å². The number of halogens is 3. The van der Waals surface area contributed by atoms with Crippen LogP contribution in [0.3, 0.4) is 0 Å². The summed E-state index contributed by atoms with van der Waals surface area (Å²) >= 11 is -1.36. The van der Waals surface area contributed by atoms with Gasteiger partial charge in [0.15, 0.2) is 0 Å². The van der Waals surface area contributed by atoms with Crippen molar-refractivity contribution in [2.24, 2.45) is 10.3 Å². The van der Waals surface area contributed by atoms with Crippen molar-refractivity contribution in [1.82, 2.24) is 0 Å². The van der Waals surface area contributed by atoms with Gasteiger partial charge in [0.05, 0.1) is 29.2 Å². The molecule has 0 saturated heterocycles. The van der Waals surface area contributed by atoms with Crippen molar-refractivity contribution in [3.63, 3.8) is 0 Å². The zero-order valence-electron chi connectivity index (χ0n) is 13.9. The van der Waals surface area contributed by atoms with Gasteiger partial charge in [-0.25, -0.2) is 0 Å². The summed E-state index contributed by atoms with van der Waals surface area (Å²) in [6, 6.07) is 3.70. The van der Waals surface area contributed by atoms with Crippen LogP contribution in [0.15, 0.2) is 22.6 Å². The summed E-state index contributed by atoms with van der Waals surface area (Å²) in [7, 11) is 0. The zero-order chi connectivity index (χ0) is 17.7. The van der Waals surface area contributed by atoms with E-state index < -0.39 is 23.1 Å². The largest absolute Gasteiger partial charge is 0.591 e. The average molecular weight is 361 g/mol. The fourth-order valence-corrected chi connectivity index (χ4v) is 3.15. The van der Waals surface area contributed by atoms with Crippen molar-refractivity contribution in [3.8, 4) is 5.75 Å². The van der Waals surface area contributed by atoms with Gasteiger partial charge in [-0.3, -0.25) is 0 Å². The summed E-state index contributed by atoms with van der Waals surface area (Å²) in [5, 5.41) is 0. The first-order valence-electron chi connectivity index (χ1n) is 8.09. The van der Waals surface area contributed by atoms with Gasteiger partial charge in [-0.15, -0.1) is 0 Å². The minimum atomic E-state index is -4.47. The summed E-state index contributed by atoms with van der Waals surface area (Å²) in [5.41, 5.74) is 0.167. The molecule has 0 spiro atoms. The van der Waals surface area contributed by atoms with Crippen LogP contribution in [-0.2, 0) is 17.5 Å². The van der Waals surface area contributed by atoms with Crippen molar-refractivity contribution in [3.05, 3.63) is 29.3 Å². The van der Waals surface area contributed by atoms with E-state index in [2.05, 4.69) is 4.40 Å². The number of alkyl halides is 3. The summed E-state index contributed by atoms with van der Waals surface area (Å²) in [4.78, 5) is 0. The molecule has 134 valence electrons. The normalized spacial score (nSPS) is 17.0. The molecule has 1 aliphatic rings. The molecule has 1 aromatic rings. The Morgan fingerprint density at radius 2 is 2.08 bits per heavy atom. The molecule has 0 radical (unpaired) electrons. The molecule has 0 amide bonds. The molecule has 24 heavy (non-hydrogen) atoms. The van der Waals surface area contributed by atoms with E-state index in [1.807, 2.05) is 6.92 Å². The van der Waals surface area contributed by atoms with Gasteiger partial charge in [0.2, 0.25) is 0 Å². The maximum atomic E-state index is 13.1. The van der Waals surface area contributed by atoms with E-state index in [1.54, 1.807) is 6.92 Å². The second-order valence-corrected chi connectivity index (χ2v) is 7.25. The molecule has 7 heteroatoms. The first-order chi connectivity index (χ1) is 11.3. The Morgan fingerprint density at radius 3 is 2.67 bits per heavy atom. The van der Waals surface area contributed by atoms with Gasteiger partial charge in [0.1, 0.15) is 11.5 Å². The summed E-state index contributed by atoms with van der Waals surface area (Å²) in [6.07, 6.45) is -0.756. The van der Waals surface area contributed by atoms with Crippen molar-refractivity contribution in [1.29, 1.82) is 0 Å². The highest BCUT2D eigenvalue weighted by molar-refractivity contribution is 7.90. The molecule has 1 aromatic carbocycles. The summed E-state index contributed by atoms with van der Waals surface area (Å²) in [6.45, 7) is 3.94. The topological polar surface area (TPSA) is 44.7 Å². The van der Waals surface area contributed by atoms with Crippen LogP contribution in [-0.4, -0.2) is 22.6 Å². The highest BCUT2D eigenvalue weighted by atomic mass is 32.2. The maximum Gasteiger partial charge on any atom is 0.419 e. The predicted octanol–water partition coefficient (Wildman–Crippen LogP) is 4.77. The maximum absolute atomic E-state index is 13.1. The van der Waals surface area contributed by atoms with E-state index in [9.17, 15) is 17.7 Å². The van der Waals surface area contributed by atoms with E-state index >= 15 is 0 Å². The van der Waals surface area contributed by atoms with Crippen LogP contribution < -0.4 is 4.74 Å². The molecular weight excluding hydrogens is 339 g/mol. The molecule has 2 rings (SSSR count). The first-order valence-corrected chi connectivity index (χ1v) is 9.37. The molecule has 1 saturated carbocycles. The third kappa shape index (κ3) is 5.70. The standard InChI is InChI=1S/C17H22F3NO2S/c1-3-4-9-24(22)21-12(2)14-7-8-15(17(18,19)20)16(10-14)23-11-13-5-6-13/h7-8,10,13H,3-6,9,11H2,1-2H3. The molecule has 1 aliphatic carbocycles. The summed E-state index contributed by atoms with van der Waals surface area (Å²) in [5.74, 6) is 0.631. The Balaban J connectivity index is 2.20. The van der Waals surface area contributed by atoms with Gasteiger partial charge in [-0.05, 0) is 44.2 Å². The monoisotopic (exact) mass is 361 g/mol. The van der Waals surface area contributed by atoms with Crippen LogP contribution in [0.4, 0.5) is 13.2 Å². The van der Waals surface area contributed by atoms with E-state index in [-0.39, 0.29) is 5.75 Å². The van der Waals surface area contributed by atoms with Crippen LogP contribution in [0.25, 0.3) is 0 Å². The highest BCUT2D eigenvalue weighted by Gasteiger charge is 2.35. The van der Waals surface area contributed by atoms with E-state index in [4.69, 9.17) is 4.74 Å². The SMILES string of the molecule is CCCC[S+]([O-])N=C(C)c1ccc(C(F)(F)F)c(OCC2CC2)c1. The third-order valence-corrected chi connectivity index (χ3v) is 4.90. The molecule has 1 unspecified atom stereocenters. The van der Waals surface area contributed by atoms with Gasteiger partial charge < -0.3 is 9.29 Å². The smallest absolute Gasteiger partial charge is 0.419 e. The number of nitrogens with zero attached hydrogens (tertiary/aromatic N) is 1. The number of benzene rings is 1. The van der Waals surface area contributed by atoms with E-state index in [0.29, 0.717) is 29.6 Å². The molecule has 1 fully saturated rings. The predicted molar refractivity (Wildman–Crippen MR) is 89.8 cm³/mol. The second-order valence-electron chi connectivity index (χ2n) is 6.02. The van der Waals surface area contributed by atoms with Crippen molar-refractivity contribution in [2.75, 3.05) is 12.4 Å². The number of rotatable bonds is 8. The fourth-order valence-electron chi connectivity index (χ4n) is 2.11. The number of unbranched alkanes of at least 4 members (excludes halogenated alkanes) is 1. The van der Waals surface area contributed by atoms with E-state index in [1.165, 1.54) is 12.1 Å². The summed E-state index contributed by atoms with van der Waals surface area (Å²) < 4.78 is 60.6. The van der Waals surface area contributed by atoms with Crippen molar-refractivity contribution >= 4 is 17.1 Å². The van der Waals surface area contributed by atoms with Gasteiger partial charge in [0.25, 0.3) is 0 Å². The van der Waals surface area contributed by atoms with Crippen LogP contribution in [0, 0.1) is 5.92 Å². The van der Waals surface area contributed by atoms with Gasteiger partial charge in [0, 0.05) is 5.56 Å². The van der Waals surface area contributed by atoms with Gasteiger partial charge in [-0.1, -0.05) is 23.8 Å². The highest BCUT2D eigenvalue weighted by Crippen LogP contribution is 2.38. The Morgan fingerprint density at radius 1 is 1.38 bits per heavy atom. The molecule has 0 heterocycles. The minimum Gasteiger partial charge on any atom is -0.591 e. The Hall–Kier alpha value is -1.21. The quantitative estimate of drug-likeness (QED) is 0.495. The zero-order valence-corrected chi connectivity index (χ0v) is 14.7. The molecule has 1 atom stereocenters. The van der Waals surface area contributed by atoms with Crippen molar-refractivity contribution in [2.45, 2.75) is 45.7 Å². The lowest BCUT2D eigenvalue weighted by Crippen LogP contribution is -2.12. The van der Waals surface area contributed by atoms with E-state index in [0.717, 1.165) is 31.7 Å². The Bertz CT molecular complexity index is 586. The third-order valence-electron chi connectivity index (χ3n) is 3.79. The molecular formula is C17H22F3NO2S. The lowest BCUT2D eigenvalue weighted by molar-refractivity contribution is -0.139. The number of hydrogen-bond acceptors (Lipinski definition) is 3. The first kappa shape index (κ1) is 19.1. The van der Waals surface area contributed by atoms with Crippen LogP contribution in [0.1, 0.15) is 50.7 Å². The van der Waals surface area contributed by atoms with Gasteiger partial charge >= 0.3 is 6.18 Å². The minimum absolute atomic E-state index is 0.180. The second kappa shape index (κ2) is 8.25.